The van der Waals surface area contributed by atoms with E-state index in [1.165, 1.54) is 6.33 Å². The Balaban J connectivity index is 3.09. The molecule has 0 aliphatic heterocycles. The minimum Gasteiger partial charge on any atom is -0.311 e. The molecule has 1 atom stereocenters. The van der Waals surface area contributed by atoms with Crippen LogP contribution in [0.1, 0.15) is 0 Å². The highest BCUT2D eigenvalue weighted by Gasteiger charge is 1.97. The van der Waals surface area contributed by atoms with E-state index in [9.17, 15) is 4.79 Å². The lowest BCUT2D eigenvalue weighted by Crippen LogP contribution is -2.04. The highest BCUT2D eigenvalue weighted by molar-refractivity contribution is 7.35. The van der Waals surface area contributed by atoms with Crippen LogP contribution < -0.4 is 5.56 Å². The molecule has 0 aliphatic carbocycles. The van der Waals surface area contributed by atoms with Gasteiger partial charge in [0, 0.05) is 5.93 Å². The van der Waals surface area contributed by atoms with E-state index in [1.54, 1.807) is 5.93 Å². The van der Waals surface area contributed by atoms with Crippen molar-refractivity contribution in [2.75, 3.05) is 0 Å². The lowest BCUT2D eigenvalue weighted by Gasteiger charge is -1.81. The van der Waals surface area contributed by atoms with Gasteiger partial charge >= 0.3 is 0 Å². The van der Waals surface area contributed by atoms with Gasteiger partial charge in [-0.1, -0.05) is 8.19 Å². The predicted octanol–water partition coefficient (Wildman–Crippen LogP) is 0.349. The van der Waals surface area contributed by atoms with Gasteiger partial charge in [0.1, 0.15) is 5.25 Å². The topological polar surface area (TPSA) is 58.6 Å². The molecular weight excluding hydrogens is 149 g/mol. The summed E-state index contributed by atoms with van der Waals surface area (Å²) in [5.41, 5.74) is 0.326. The van der Waals surface area contributed by atoms with E-state index in [-0.39, 0.29) is 5.56 Å². The van der Waals surface area contributed by atoms with E-state index in [0.29, 0.717) is 13.7 Å². The third-order valence-corrected chi connectivity index (χ3v) is 2.12. The van der Waals surface area contributed by atoms with Gasteiger partial charge in [0.15, 0.2) is 5.52 Å². The Morgan fingerprint density at radius 2 is 2.40 bits per heavy atom. The average Bonchev–Trinajstić information content (AvgIpc) is 2.36. The zero-order valence-corrected chi connectivity index (χ0v) is 5.96. The van der Waals surface area contributed by atoms with Crippen LogP contribution in [0.5, 0.6) is 0 Å². The molecule has 5 heteroatoms. The largest absolute Gasteiger partial charge is 0.311 e. The summed E-state index contributed by atoms with van der Waals surface area (Å²) in [6.07, 6.45) is 1.41. The summed E-state index contributed by atoms with van der Waals surface area (Å²) in [5.74, 6) is 1.72. The molecule has 10 heavy (non-hydrogen) atoms. The first kappa shape index (κ1) is 5.62. The second-order valence-electron chi connectivity index (χ2n) is 1.83. The van der Waals surface area contributed by atoms with Gasteiger partial charge in [-0.3, -0.25) is 4.79 Å². The Morgan fingerprint density at radius 3 is 3.20 bits per heavy atom. The molecule has 0 aromatic carbocycles. The molecule has 1 unspecified atom stereocenters. The van der Waals surface area contributed by atoms with Crippen LogP contribution in [-0.4, -0.2) is 15.0 Å². The molecule has 2 aromatic rings. The normalized spacial score (nSPS) is 11.2. The number of aromatic amines is 1. The first-order valence-electron chi connectivity index (χ1n) is 2.75. The zero-order valence-electron chi connectivity index (χ0n) is 4.96. The maximum atomic E-state index is 10.9. The molecule has 2 aromatic heterocycles. The summed E-state index contributed by atoms with van der Waals surface area (Å²) in [6.45, 7) is 0. The van der Waals surface area contributed by atoms with E-state index >= 15 is 0 Å². The number of hydrogen-bond acceptors (Lipinski definition) is 3. The van der Waals surface area contributed by atoms with Crippen molar-refractivity contribution < 1.29 is 0 Å². The average molecular weight is 153 g/mol. The van der Waals surface area contributed by atoms with Crippen LogP contribution >= 0.6 is 8.19 Å². The van der Waals surface area contributed by atoms with Crippen molar-refractivity contribution in [1.29, 1.82) is 0 Å². The maximum Gasteiger partial charge on any atom is 0.277 e. The van der Waals surface area contributed by atoms with Crippen molar-refractivity contribution in [3.63, 3.8) is 0 Å². The fourth-order valence-corrected chi connectivity index (χ4v) is 1.55. The first-order chi connectivity index (χ1) is 4.88. The zero-order chi connectivity index (χ0) is 6.97. The molecular formula is C5H4N3OP. The molecule has 0 fully saturated rings. The lowest BCUT2D eigenvalue weighted by atomic mass is 10.6. The minimum atomic E-state index is -0.147. The number of nitrogens with one attached hydrogen (secondary N) is 1. The van der Waals surface area contributed by atoms with Crippen molar-refractivity contribution in [3.8, 4) is 0 Å². The molecule has 0 saturated carbocycles. The Hall–Kier alpha value is -1.15. The quantitative estimate of drug-likeness (QED) is 0.594. The summed E-state index contributed by atoms with van der Waals surface area (Å²) in [7, 11) is 0.453. The molecule has 2 heterocycles. The number of fused-ring (bicyclic) bond motifs is 1. The van der Waals surface area contributed by atoms with Crippen LogP contribution in [0.25, 0.3) is 10.8 Å². The summed E-state index contributed by atoms with van der Waals surface area (Å²) < 4.78 is 0. The highest BCUT2D eigenvalue weighted by atomic mass is 31.0. The molecule has 50 valence electrons. The molecule has 4 nitrogen and oxygen atoms in total. The van der Waals surface area contributed by atoms with Crippen molar-refractivity contribution in [1.82, 2.24) is 15.0 Å². The number of hydrogen-bond donors (Lipinski definition) is 1. The van der Waals surface area contributed by atoms with Gasteiger partial charge in [0.2, 0.25) is 0 Å². The van der Waals surface area contributed by atoms with Crippen LogP contribution in [0.3, 0.4) is 0 Å². The van der Waals surface area contributed by atoms with Gasteiger partial charge < -0.3 is 4.98 Å². The molecule has 0 amide bonds. The predicted molar refractivity (Wildman–Crippen MR) is 39.7 cm³/mol. The summed E-state index contributed by atoms with van der Waals surface area (Å²) in [4.78, 5) is 21.2. The third-order valence-electron chi connectivity index (χ3n) is 1.22. The highest BCUT2D eigenvalue weighted by Crippen LogP contribution is 2.13. The second kappa shape index (κ2) is 1.92. The molecule has 0 radical (unpaired) electrons. The standard InChI is InChI=1S/C5H4N3OP/c9-4-3-5(7-1-6-4)10-2-8-3/h1-2,10H,(H,6,7,9). The maximum absolute atomic E-state index is 10.9. The van der Waals surface area contributed by atoms with Crippen molar-refractivity contribution in [2.24, 2.45) is 0 Å². The van der Waals surface area contributed by atoms with Crippen LogP contribution in [0.15, 0.2) is 17.1 Å². The Kier molecular flexibility index (Phi) is 1.08. The van der Waals surface area contributed by atoms with Gasteiger partial charge in [-0.15, -0.1) is 0 Å². The number of rotatable bonds is 0. The summed E-state index contributed by atoms with van der Waals surface area (Å²) >= 11 is 0. The smallest absolute Gasteiger partial charge is 0.277 e. The Labute approximate surface area is 57.4 Å². The van der Waals surface area contributed by atoms with Gasteiger partial charge in [-0.25, -0.2) is 9.97 Å². The van der Waals surface area contributed by atoms with E-state index in [2.05, 4.69) is 15.0 Å². The Bertz CT molecular complexity index is 404. The van der Waals surface area contributed by atoms with Crippen LogP contribution in [0.2, 0.25) is 0 Å². The van der Waals surface area contributed by atoms with Gasteiger partial charge in [0.25, 0.3) is 5.56 Å². The van der Waals surface area contributed by atoms with Crippen molar-refractivity contribution in [3.05, 3.63) is 22.6 Å². The SMILES string of the molecule is O=c1[nH]cnc2[pH]cnc12. The van der Waals surface area contributed by atoms with Crippen LogP contribution in [0, 0.1) is 0 Å². The monoisotopic (exact) mass is 153 g/mol. The first-order valence-corrected chi connectivity index (χ1v) is 3.82. The molecule has 0 spiro atoms. The fraction of sp³-hybridized carbons (Fsp3) is 0. The molecule has 0 aliphatic rings. The third kappa shape index (κ3) is 0.660. The summed E-state index contributed by atoms with van der Waals surface area (Å²) in [5, 5.41) is 0.795. The van der Waals surface area contributed by atoms with Crippen LogP contribution in [0.4, 0.5) is 0 Å². The summed E-state index contributed by atoms with van der Waals surface area (Å²) in [6, 6.07) is 0. The fourth-order valence-electron chi connectivity index (χ4n) is 0.776. The Morgan fingerprint density at radius 1 is 1.50 bits per heavy atom. The van der Waals surface area contributed by atoms with E-state index < -0.39 is 0 Å². The van der Waals surface area contributed by atoms with Gasteiger partial charge in [-0.2, -0.15) is 0 Å². The molecule has 2 rings (SSSR count). The lowest BCUT2D eigenvalue weighted by molar-refractivity contribution is 1.17. The van der Waals surface area contributed by atoms with Crippen molar-refractivity contribution in [2.45, 2.75) is 0 Å². The van der Waals surface area contributed by atoms with E-state index in [4.69, 9.17) is 0 Å². The number of nitrogens with zero attached hydrogens (tertiary/aromatic N) is 2. The van der Waals surface area contributed by atoms with Crippen molar-refractivity contribution >= 4 is 19.0 Å². The van der Waals surface area contributed by atoms with Gasteiger partial charge in [-0.05, 0) is 0 Å². The van der Waals surface area contributed by atoms with E-state index in [1.807, 2.05) is 0 Å². The number of aromatic nitrogens is 3. The van der Waals surface area contributed by atoms with E-state index in [0.717, 1.165) is 5.25 Å². The minimum absolute atomic E-state index is 0.147. The number of H-pyrrole nitrogens is 1. The van der Waals surface area contributed by atoms with Crippen LogP contribution in [-0.2, 0) is 0 Å². The molecule has 0 bridgehead atoms. The molecule has 1 N–H and O–H groups in total. The van der Waals surface area contributed by atoms with Gasteiger partial charge in [0.05, 0.1) is 6.33 Å². The second-order valence-corrected chi connectivity index (χ2v) is 2.85. The molecule has 0 saturated heterocycles.